The van der Waals surface area contributed by atoms with Crippen LogP contribution in [0.1, 0.15) is 35.1 Å². The molecule has 0 saturated heterocycles. The van der Waals surface area contributed by atoms with Gasteiger partial charge in [-0.3, -0.25) is 4.72 Å². The molecule has 34 heavy (non-hydrogen) atoms. The van der Waals surface area contributed by atoms with Crippen LogP contribution in [0, 0.1) is 5.92 Å². The SMILES string of the molecule is O=S(=O)(Nc1cccc(C(F)(F)F)c1)c1ccc2c(c1)C1C=CCC1C(c1ccccc1Br)N2. The molecule has 0 radical (unpaired) electrons. The average molecular weight is 549 g/mol. The molecule has 3 atom stereocenters. The third-order valence-electron chi connectivity index (χ3n) is 6.33. The quantitative estimate of drug-likeness (QED) is 0.342. The number of halogens is 4. The molecule has 3 aromatic carbocycles. The Bertz CT molecular complexity index is 1390. The number of alkyl halides is 3. The molecule has 0 spiro atoms. The van der Waals surface area contributed by atoms with E-state index in [1.807, 2.05) is 18.2 Å². The second-order valence-corrected chi connectivity index (χ2v) is 11.0. The van der Waals surface area contributed by atoms with Crippen molar-refractivity contribution in [1.29, 1.82) is 0 Å². The van der Waals surface area contributed by atoms with Gasteiger partial charge in [0, 0.05) is 21.8 Å². The maximum absolute atomic E-state index is 13.0. The minimum absolute atomic E-state index is 0.00357. The van der Waals surface area contributed by atoms with Crippen LogP contribution in [0.15, 0.2) is 88.3 Å². The van der Waals surface area contributed by atoms with E-state index >= 15 is 0 Å². The third kappa shape index (κ3) is 4.22. The van der Waals surface area contributed by atoms with Crippen molar-refractivity contribution in [2.45, 2.75) is 29.5 Å². The van der Waals surface area contributed by atoms with Gasteiger partial charge in [0.2, 0.25) is 0 Å². The summed E-state index contributed by atoms with van der Waals surface area (Å²) in [5.74, 6) is 0.234. The summed E-state index contributed by atoms with van der Waals surface area (Å²) in [4.78, 5) is 0.00357. The fraction of sp³-hybridized carbons (Fsp3) is 0.200. The number of hydrogen-bond donors (Lipinski definition) is 2. The van der Waals surface area contributed by atoms with Crippen LogP contribution in [0.2, 0.25) is 0 Å². The Hall–Kier alpha value is -2.78. The molecule has 0 aromatic heterocycles. The van der Waals surface area contributed by atoms with Gasteiger partial charge in [-0.05, 0) is 65.9 Å². The summed E-state index contributed by atoms with van der Waals surface area (Å²) in [6, 6.07) is 17.0. The monoisotopic (exact) mass is 548 g/mol. The van der Waals surface area contributed by atoms with E-state index in [4.69, 9.17) is 0 Å². The molecule has 176 valence electrons. The van der Waals surface area contributed by atoms with Crippen molar-refractivity contribution in [2.24, 2.45) is 5.92 Å². The number of nitrogens with one attached hydrogen (secondary N) is 2. The van der Waals surface area contributed by atoms with E-state index in [2.05, 4.69) is 44.2 Å². The highest BCUT2D eigenvalue weighted by Gasteiger charge is 2.39. The first kappa shape index (κ1) is 23.0. The highest BCUT2D eigenvalue weighted by molar-refractivity contribution is 9.10. The zero-order valence-corrected chi connectivity index (χ0v) is 20.1. The maximum atomic E-state index is 13.0. The van der Waals surface area contributed by atoms with Crippen molar-refractivity contribution in [3.8, 4) is 0 Å². The zero-order valence-electron chi connectivity index (χ0n) is 17.7. The van der Waals surface area contributed by atoms with Crippen LogP contribution >= 0.6 is 15.9 Å². The molecule has 5 rings (SSSR count). The van der Waals surface area contributed by atoms with E-state index < -0.39 is 21.8 Å². The van der Waals surface area contributed by atoms with Gasteiger partial charge in [0.05, 0.1) is 16.5 Å². The molecule has 3 aromatic rings. The Kier molecular flexibility index (Phi) is 5.72. The van der Waals surface area contributed by atoms with Crippen LogP contribution < -0.4 is 10.0 Å². The molecular weight excluding hydrogens is 529 g/mol. The number of rotatable bonds is 4. The van der Waals surface area contributed by atoms with Crippen LogP contribution in [0.5, 0.6) is 0 Å². The zero-order chi connectivity index (χ0) is 24.1. The topological polar surface area (TPSA) is 58.2 Å². The van der Waals surface area contributed by atoms with Crippen LogP contribution in [0.4, 0.5) is 24.5 Å². The highest BCUT2D eigenvalue weighted by Crippen LogP contribution is 2.51. The Labute approximate surface area is 204 Å². The van der Waals surface area contributed by atoms with Crippen LogP contribution in [0.3, 0.4) is 0 Å². The predicted molar refractivity (Wildman–Crippen MR) is 129 cm³/mol. The van der Waals surface area contributed by atoms with Crippen molar-refractivity contribution < 1.29 is 21.6 Å². The van der Waals surface area contributed by atoms with Gasteiger partial charge in [0.25, 0.3) is 10.0 Å². The first-order chi connectivity index (χ1) is 16.1. The number of allylic oxidation sites excluding steroid dienone is 2. The van der Waals surface area contributed by atoms with Crippen LogP contribution in [-0.2, 0) is 16.2 Å². The lowest BCUT2D eigenvalue weighted by Gasteiger charge is -2.38. The van der Waals surface area contributed by atoms with Crippen LogP contribution in [-0.4, -0.2) is 8.42 Å². The van der Waals surface area contributed by atoms with Gasteiger partial charge >= 0.3 is 6.18 Å². The molecule has 3 unspecified atom stereocenters. The van der Waals surface area contributed by atoms with Gasteiger partial charge in [-0.15, -0.1) is 0 Å². The van der Waals surface area contributed by atoms with Crippen molar-refractivity contribution >= 4 is 37.3 Å². The maximum Gasteiger partial charge on any atom is 0.416 e. The second kappa shape index (κ2) is 8.46. The van der Waals surface area contributed by atoms with Gasteiger partial charge in [-0.2, -0.15) is 13.2 Å². The highest BCUT2D eigenvalue weighted by atomic mass is 79.9. The molecule has 1 heterocycles. The van der Waals surface area contributed by atoms with Gasteiger partial charge in [-0.25, -0.2) is 8.42 Å². The van der Waals surface area contributed by atoms with Crippen molar-refractivity contribution in [3.05, 3.63) is 100 Å². The Morgan fingerprint density at radius 1 is 0.971 bits per heavy atom. The summed E-state index contributed by atoms with van der Waals surface area (Å²) in [5, 5.41) is 3.57. The lowest BCUT2D eigenvalue weighted by atomic mass is 9.77. The summed E-state index contributed by atoms with van der Waals surface area (Å²) < 4.78 is 68.4. The smallest absolute Gasteiger partial charge is 0.378 e. The normalized spacial score (nSPS) is 21.5. The van der Waals surface area contributed by atoms with Gasteiger partial charge in [-0.1, -0.05) is 52.3 Å². The van der Waals surface area contributed by atoms with E-state index in [0.29, 0.717) is 0 Å². The molecule has 9 heteroatoms. The molecule has 0 amide bonds. The number of benzene rings is 3. The fourth-order valence-electron chi connectivity index (χ4n) is 4.75. The third-order valence-corrected chi connectivity index (χ3v) is 8.43. The number of fused-ring (bicyclic) bond motifs is 3. The van der Waals surface area contributed by atoms with Gasteiger partial charge < -0.3 is 5.32 Å². The van der Waals surface area contributed by atoms with E-state index in [1.54, 1.807) is 12.1 Å². The minimum Gasteiger partial charge on any atom is -0.378 e. The lowest BCUT2D eigenvalue weighted by Crippen LogP contribution is -2.29. The molecule has 0 bridgehead atoms. The first-order valence-electron chi connectivity index (χ1n) is 10.7. The van der Waals surface area contributed by atoms with E-state index in [9.17, 15) is 21.6 Å². The Morgan fingerprint density at radius 2 is 1.76 bits per heavy atom. The number of anilines is 2. The van der Waals surface area contributed by atoms with E-state index in [0.717, 1.165) is 39.8 Å². The second-order valence-electron chi connectivity index (χ2n) is 8.43. The van der Waals surface area contributed by atoms with Gasteiger partial charge in [0.1, 0.15) is 0 Å². The minimum atomic E-state index is -4.56. The standard InChI is InChI=1S/C25H20BrF3N2O2S/c26-22-10-2-1-7-20(22)24-19-9-4-8-18(19)21-14-17(11-12-23(21)30-24)34(32,33)31-16-6-3-5-15(13-16)25(27,28)29/h1-8,10-14,18-19,24,30-31H,9H2. The molecule has 2 aliphatic rings. The van der Waals surface area contributed by atoms with Crippen molar-refractivity contribution in [1.82, 2.24) is 0 Å². The molecule has 0 saturated carbocycles. The van der Waals surface area contributed by atoms with Crippen molar-refractivity contribution in [3.63, 3.8) is 0 Å². The summed E-state index contributed by atoms with van der Waals surface area (Å²) in [5.41, 5.74) is 1.77. The van der Waals surface area contributed by atoms with Crippen molar-refractivity contribution in [2.75, 3.05) is 10.0 Å². The summed E-state index contributed by atoms with van der Waals surface area (Å²) in [6.45, 7) is 0. The molecule has 1 aliphatic carbocycles. The molecule has 2 N–H and O–H groups in total. The Balaban J connectivity index is 1.47. The average Bonchev–Trinajstić information content (AvgIpc) is 3.28. The number of sulfonamides is 1. The van der Waals surface area contributed by atoms with Crippen LogP contribution in [0.25, 0.3) is 0 Å². The largest absolute Gasteiger partial charge is 0.416 e. The fourth-order valence-corrected chi connectivity index (χ4v) is 6.36. The summed E-state index contributed by atoms with van der Waals surface area (Å²) in [6.07, 6.45) is 0.498. The molecule has 1 aliphatic heterocycles. The molecular formula is C25H20BrF3N2O2S. The lowest BCUT2D eigenvalue weighted by molar-refractivity contribution is -0.137. The number of hydrogen-bond acceptors (Lipinski definition) is 3. The van der Waals surface area contributed by atoms with E-state index in [-0.39, 0.29) is 28.5 Å². The molecule has 4 nitrogen and oxygen atoms in total. The van der Waals surface area contributed by atoms with Gasteiger partial charge in [0.15, 0.2) is 0 Å². The molecule has 0 fully saturated rings. The summed E-state index contributed by atoms with van der Waals surface area (Å²) in [7, 11) is -4.09. The Morgan fingerprint density at radius 3 is 2.53 bits per heavy atom. The summed E-state index contributed by atoms with van der Waals surface area (Å²) >= 11 is 3.64. The first-order valence-corrected chi connectivity index (χ1v) is 12.9. The predicted octanol–water partition coefficient (Wildman–Crippen LogP) is 7.10. The van der Waals surface area contributed by atoms with E-state index in [1.165, 1.54) is 18.2 Å².